The first-order valence-corrected chi connectivity index (χ1v) is 5.06. The standard InChI is InChI=1S/C10H17N3O2/c1-3-4-12-9(10(14)15-2)5-8-6-11-7-13-8/h6-7,9,12H,3-5H2,1-2H3,(H,11,13)/t9-/m0/s1. The summed E-state index contributed by atoms with van der Waals surface area (Å²) in [6, 6.07) is -0.296. The van der Waals surface area contributed by atoms with Gasteiger partial charge in [-0.1, -0.05) is 6.92 Å². The second-order valence-electron chi connectivity index (χ2n) is 3.31. The minimum Gasteiger partial charge on any atom is -0.468 e. The van der Waals surface area contributed by atoms with Crippen LogP contribution in [0.2, 0.25) is 0 Å². The number of carbonyl (C=O) groups excluding carboxylic acids is 1. The van der Waals surface area contributed by atoms with E-state index in [-0.39, 0.29) is 12.0 Å². The molecule has 0 bridgehead atoms. The molecule has 1 atom stereocenters. The van der Waals surface area contributed by atoms with Gasteiger partial charge in [0.2, 0.25) is 0 Å². The maximum absolute atomic E-state index is 11.4. The van der Waals surface area contributed by atoms with Gasteiger partial charge in [0.05, 0.1) is 13.4 Å². The largest absolute Gasteiger partial charge is 0.468 e. The Kier molecular flexibility index (Phi) is 4.83. The van der Waals surface area contributed by atoms with Crippen LogP contribution in [-0.4, -0.2) is 35.6 Å². The molecule has 0 aromatic carbocycles. The van der Waals surface area contributed by atoms with Crippen LogP contribution in [0.15, 0.2) is 12.5 Å². The number of aromatic amines is 1. The molecule has 0 aliphatic heterocycles. The van der Waals surface area contributed by atoms with Crippen LogP contribution in [0.1, 0.15) is 19.0 Å². The molecule has 0 aliphatic carbocycles. The van der Waals surface area contributed by atoms with Crippen LogP contribution < -0.4 is 5.32 Å². The quantitative estimate of drug-likeness (QED) is 0.672. The molecule has 1 rings (SSSR count). The topological polar surface area (TPSA) is 67.0 Å². The van der Waals surface area contributed by atoms with E-state index in [0.29, 0.717) is 6.42 Å². The van der Waals surface area contributed by atoms with Crippen molar-refractivity contribution in [1.29, 1.82) is 0 Å². The van der Waals surface area contributed by atoms with Crippen LogP contribution in [0.3, 0.4) is 0 Å². The van der Waals surface area contributed by atoms with Crippen molar-refractivity contribution in [2.45, 2.75) is 25.8 Å². The number of aromatic nitrogens is 2. The van der Waals surface area contributed by atoms with Gasteiger partial charge in [0.15, 0.2) is 0 Å². The van der Waals surface area contributed by atoms with Gasteiger partial charge in [0, 0.05) is 18.3 Å². The second-order valence-corrected chi connectivity index (χ2v) is 3.31. The third-order valence-corrected chi connectivity index (χ3v) is 2.11. The number of nitrogens with zero attached hydrogens (tertiary/aromatic N) is 1. The number of esters is 1. The predicted octanol–water partition coefficient (Wildman–Crippen LogP) is 0.493. The molecule has 5 heteroatoms. The highest BCUT2D eigenvalue weighted by atomic mass is 16.5. The number of hydrogen-bond donors (Lipinski definition) is 2. The van der Waals surface area contributed by atoms with E-state index in [0.717, 1.165) is 18.7 Å². The normalized spacial score (nSPS) is 12.4. The SMILES string of the molecule is CCCN[C@@H](Cc1cnc[nH]1)C(=O)OC. The summed E-state index contributed by atoms with van der Waals surface area (Å²) in [5, 5.41) is 3.14. The monoisotopic (exact) mass is 211 g/mol. The number of methoxy groups -OCH3 is 1. The van der Waals surface area contributed by atoms with Gasteiger partial charge in [-0.15, -0.1) is 0 Å². The predicted molar refractivity (Wildman–Crippen MR) is 56.4 cm³/mol. The van der Waals surface area contributed by atoms with E-state index >= 15 is 0 Å². The molecule has 0 aliphatic rings. The zero-order valence-corrected chi connectivity index (χ0v) is 9.12. The Morgan fingerprint density at radius 3 is 3.07 bits per heavy atom. The van der Waals surface area contributed by atoms with Crippen molar-refractivity contribution >= 4 is 5.97 Å². The molecule has 2 N–H and O–H groups in total. The fourth-order valence-electron chi connectivity index (χ4n) is 1.32. The number of H-pyrrole nitrogens is 1. The van der Waals surface area contributed by atoms with E-state index in [9.17, 15) is 4.79 Å². The fourth-order valence-corrected chi connectivity index (χ4v) is 1.32. The molecule has 5 nitrogen and oxygen atoms in total. The molecule has 1 aromatic heterocycles. The Bertz CT molecular complexity index is 285. The van der Waals surface area contributed by atoms with E-state index in [2.05, 4.69) is 22.2 Å². The average Bonchev–Trinajstić information content (AvgIpc) is 2.75. The van der Waals surface area contributed by atoms with Gasteiger partial charge in [0.1, 0.15) is 6.04 Å². The first-order chi connectivity index (χ1) is 7.27. The molecule has 1 heterocycles. The molecule has 0 spiro atoms. The van der Waals surface area contributed by atoms with Crippen molar-refractivity contribution in [2.75, 3.05) is 13.7 Å². The summed E-state index contributed by atoms with van der Waals surface area (Å²) in [5.74, 6) is -0.238. The number of ether oxygens (including phenoxy) is 1. The molecule has 0 amide bonds. The Balaban J connectivity index is 2.52. The maximum Gasteiger partial charge on any atom is 0.323 e. The van der Waals surface area contributed by atoms with Gasteiger partial charge < -0.3 is 15.0 Å². The lowest BCUT2D eigenvalue weighted by Gasteiger charge is -2.14. The van der Waals surface area contributed by atoms with Crippen molar-refractivity contribution < 1.29 is 9.53 Å². The molecule has 0 saturated carbocycles. The summed E-state index contributed by atoms with van der Waals surface area (Å²) in [6.07, 6.45) is 4.87. The molecule has 1 aromatic rings. The van der Waals surface area contributed by atoms with Crippen LogP contribution in [0.5, 0.6) is 0 Å². The number of rotatable bonds is 6. The van der Waals surface area contributed by atoms with Gasteiger partial charge >= 0.3 is 5.97 Å². The lowest BCUT2D eigenvalue weighted by molar-refractivity contribution is -0.143. The highest BCUT2D eigenvalue weighted by molar-refractivity contribution is 5.75. The highest BCUT2D eigenvalue weighted by Crippen LogP contribution is 2.00. The van der Waals surface area contributed by atoms with Crippen molar-refractivity contribution in [2.24, 2.45) is 0 Å². The Morgan fingerprint density at radius 2 is 2.53 bits per heavy atom. The minimum absolute atomic E-state index is 0.238. The summed E-state index contributed by atoms with van der Waals surface area (Å²) >= 11 is 0. The third-order valence-electron chi connectivity index (χ3n) is 2.11. The molecule has 0 saturated heterocycles. The van der Waals surface area contributed by atoms with E-state index in [1.165, 1.54) is 7.11 Å². The lowest BCUT2D eigenvalue weighted by atomic mass is 10.1. The summed E-state index contributed by atoms with van der Waals surface area (Å²) in [6.45, 7) is 2.85. The summed E-state index contributed by atoms with van der Waals surface area (Å²) in [7, 11) is 1.40. The molecular formula is C10H17N3O2. The smallest absolute Gasteiger partial charge is 0.323 e. The lowest BCUT2D eigenvalue weighted by Crippen LogP contribution is -2.39. The zero-order chi connectivity index (χ0) is 11.1. The van der Waals surface area contributed by atoms with E-state index < -0.39 is 0 Å². The maximum atomic E-state index is 11.4. The van der Waals surface area contributed by atoms with Gasteiger partial charge in [-0.2, -0.15) is 0 Å². The number of nitrogens with one attached hydrogen (secondary N) is 2. The Hall–Kier alpha value is -1.36. The van der Waals surface area contributed by atoms with Crippen molar-refractivity contribution in [3.8, 4) is 0 Å². The van der Waals surface area contributed by atoms with Crippen LogP contribution in [-0.2, 0) is 16.0 Å². The number of imidazole rings is 1. The second kappa shape index (κ2) is 6.19. The molecule has 0 unspecified atom stereocenters. The van der Waals surface area contributed by atoms with Crippen LogP contribution in [0.4, 0.5) is 0 Å². The summed E-state index contributed by atoms with van der Waals surface area (Å²) in [4.78, 5) is 18.3. The Labute approximate surface area is 89.2 Å². The van der Waals surface area contributed by atoms with Gasteiger partial charge in [0.25, 0.3) is 0 Å². The Morgan fingerprint density at radius 1 is 1.73 bits per heavy atom. The fraction of sp³-hybridized carbons (Fsp3) is 0.600. The molecule has 84 valence electrons. The van der Waals surface area contributed by atoms with Crippen molar-refractivity contribution in [1.82, 2.24) is 15.3 Å². The van der Waals surface area contributed by atoms with Crippen molar-refractivity contribution in [3.05, 3.63) is 18.2 Å². The minimum atomic E-state index is -0.296. The van der Waals surface area contributed by atoms with Crippen molar-refractivity contribution in [3.63, 3.8) is 0 Å². The van der Waals surface area contributed by atoms with Crippen LogP contribution in [0, 0.1) is 0 Å². The summed E-state index contributed by atoms with van der Waals surface area (Å²) < 4.78 is 4.72. The summed E-state index contributed by atoms with van der Waals surface area (Å²) in [5.41, 5.74) is 0.925. The van der Waals surface area contributed by atoms with Crippen LogP contribution >= 0.6 is 0 Å². The first-order valence-electron chi connectivity index (χ1n) is 5.06. The molecule has 0 fully saturated rings. The highest BCUT2D eigenvalue weighted by Gasteiger charge is 2.18. The average molecular weight is 211 g/mol. The molecular weight excluding hydrogens is 194 g/mol. The molecule has 0 radical (unpaired) electrons. The van der Waals surface area contributed by atoms with Gasteiger partial charge in [-0.05, 0) is 13.0 Å². The van der Waals surface area contributed by atoms with Gasteiger partial charge in [-0.3, -0.25) is 4.79 Å². The van der Waals surface area contributed by atoms with Crippen LogP contribution in [0.25, 0.3) is 0 Å². The third kappa shape index (κ3) is 3.71. The zero-order valence-electron chi connectivity index (χ0n) is 9.12. The van der Waals surface area contributed by atoms with E-state index in [4.69, 9.17) is 4.74 Å². The van der Waals surface area contributed by atoms with Gasteiger partial charge in [-0.25, -0.2) is 4.98 Å². The first kappa shape index (κ1) is 11.7. The number of carbonyl (C=O) groups is 1. The number of hydrogen-bond acceptors (Lipinski definition) is 4. The van der Waals surface area contributed by atoms with E-state index in [1.54, 1.807) is 12.5 Å². The molecule has 15 heavy (non-hydrogen) atoms. The van der Waals surface area contributed by atoms with E-state index in [1.807, 2.05) is 0 Å².